The molecule has 108 valence electrons. The largest absolute Gasteiger partial charge is 0.392 e. The summed E-state index contributed by atoms with van der Waals surface area (Å²) in [6.07, 6.45) is 8.00. The molecular formula is C14H24N2O2S. The Balaban J connectivity index is 1.98. The van der Waals surface area contributed by atoms with Gasteiger partial charge in [-0.3, -0.25) is 4.79 Å². The SMILES string of the molecule is COC1(CNC(=O)C2(C(N)=S)CCCCC2)CCC1. The number of amides is 1. The van der Waals surface area contributed by atoms with Crippen molar-refractivity contribution in [1.82, 2.24) is 5.32 Å². The minimum atomic E-state index is -0.619. The Morgan fingerprint density at radius 3 is 2.26 bits per heavy atom. The zero-order valence-electron chi connectivity index (χ0n) is 11.7. The number of hydrogen-bond acceptors (Lipinski definition) is 3. The van der Waals surface area contributed by atoms with Gasteiger partial charge in [0.25, 0.3) is 0 Å². The van der Waals surface area contributed by atoms with Crippen LogP contribution in [0.25, 0.3) is 0 Å². The van der Waals surface area contributed by atoms with Gasteiger partial charge >= 0.3 is 0 Å². The molecule has 2 rings (SSSR count). The number of hydrogen-bond donors (Lipinski definition) is 2. The number of thiocarbonyl (C=S) groups is 1. The molecule has 0 aromatic rings. The quantitative estimate of drug-likeness (QED) is 0.757. The van der Waals surface area contributed by atoms with Gasteiger partial charge in [-0.25, -0.2) is 0 Å². The molecule has 0 bridgehead atoms. The molecule has 0 aliphatic heterocycles. The normalized spacial score (nSPS) is 24.3. The molecule has 2 fully saturated rings. The number of nitrogens with two attached hydrogens (primary N) is 1. The van der Waals surface area contributed by atoms with Crippen LogP contribution in [-0.2, 0) is 9.53 Å². The van der Waals surface area contributed by atoms with E-state index in [-0.39, 0.29) is 11.5 Å². The maximum absolute atomic E-state index is 12.5. The van der Waals surface area contributed by atoms with Gasteiger partial charge in [0.15, 0.2) is 0 Å². The lowest BCUT2D eigenvalue weighted by Gasteiger charge is -2.42. The van der Waals surface area contributed by atoms with Crippen LogP contribution in [-0.4, -0.2) is 30.2 Å². The fourth-order valence-corrected chi connectivity index (χ4v) is 3.47. The van der Waals surface area contributed by atoms with E-state index in [1.165, 1.54) is 12.8 Å². The van der Waals surface area contributed by atoms with Crippen molar-refractivity contribution in [2.45, 2.75) is 57.0 Å². The molecule has 0 unspecified atom stereocenters. The number of methoxy groups -OCH3 is 1. The third-order valence-electron chi connectivity index (χ3n) is 4.88. The van der Waals surface area contributed by atoms with Crippen LogP contribution in [0.4, 0.5) is 0 Å². The van der Waals surface area contributed by atoms with E-state index in [4.69, 9.17) is 22.7 Å². The first-order valence-electron chi connectivity index (χ1n) is 7.18. The minimum absolute atomic E-state index is 0.00280. The first-order valence-corrected chi connectivity index (χ1v) is 7.59. The maximum atomic E-state index is 12.5. The molecule has 0 heterocycles. The zero-order valence-corrected chi connectivity index (χ0v) is 12.5. The smallest absolute Gasteiger partial charge is 0.233 e. The third kappa shape index (κ3) is 2.77. The topological polar surface area (TPSA) is 64.3 Å². The van der Waals surface area contributed by atoms with Crippen LogP contribution in [0.5, 0.6) is 0 Å². The fourth-order valence-electron chi connectivity index (χ4n) is 3.18. The number of ether oxygens (including phenoxy) is 1. The summed E-state index contributed by atoms with van der Waals surface area (Å²) in [5.74, 6) is 0.00280. The number of nitrogens with one attached hydrogen (secondary N) is 1. The average Bonchev–Trinajstić information content (AvgIpc) is 2.38. The lowest BCUT2D eigenvalue weighted by atomic mass is 9.72. The summed E-state index contributed by atoms with van der Waals surface area (Å²) >= 11 is 5.17. The summed E-state index contributed by atoms with van der Waals surface area (Å²) in [5, 5.41) is 3.04. The van der Waals surface area contributed by atoms with Gasteiger partial charge in [-0.2, -0.15) is 0 Å². The molecule has 2 aliphatic carbocycles. The molecule has 19 heavy (non-hydrogen) atoms. The van der Waals surface area contributed by atoms with Gasteiger partial charge in [0.05, 0.1) is 16.0 Å². The highest BCUT2D eigenvalue weighted by molar-refractivity contribution is 7.80. The minimum Gasteiger partial charge on any atom is -0.392 e. The highest BCUT2D eigenvalue weighted by Crippen LogP contribution is 2.38. The molecule has 0 aromatic carbocycles. The molecule has 3 N–H and O–H groups in total. The first kappa shape index (κ1) is 14.7. The Morgan fingerprint density at radius 1 is 1.21 bits per heavy atom. The van der Waals surface area contributed by atoms with E-state index in [9.17, 15) is 4.79 Å². The predicted molar refractivity (Wildman–Crippen MR) is 78.9 cm³/mol. The van der Waals surface area contributed by atoms with Gasteiger partial charge < -0.3 is 15.8 Å². The summed E-state index contributed by atoms with van der Waals surface area (Å²) < 4.78 is 5.53. The molecule has 0 atom stereocenters. The number of rotatable bonds is 5. The van der Waals surface area contributed by atoms with Crippen LogP contribution in [0.15, 0.2) is 0 Å². The van der Waals surface area contributed by atoms with E-state index < -0.39 is 5.41 Å². The van der Waals surface area contributed by atoms with Gasteiger partial charge in [-0.1, -0.05) is 31.5 Å². The first-order chi connectivity index (χ1) is 9.05. The maximum Gasteiger partial charge on any atom is 0.233 e. The average molecular weight is 284 g/mol. The Labute approximate surface area is 120 Å². The van der Waals surface area contributed by atoms with Gasteiger partial charge in [0, 0.05) is 13.7 Å². The Morgan fingerprint density at radius 2 is 1.84 bits per heavy atom. The fraction of sp³-hybridized carbons (Fsp3) is 0.857. The van der Waals surface area contributed by atoms with Crippen molar-refractivity contribution in [3.05, 3.63) is 0 Å². The summed E-state index contributed by atoms with van der Waals surface area (Å²) in [4.78, 5) is 12.9. The highest BCUT2D eigenvalue weighted by atomic mass is 32.1. The summed E-state index contributed by atoms with van der Waals surface area (Å²) in [7, 11) is 1.72. The van der Waals surface area contributed by atoms with Gasteiger partial charge in [0.1, 0.15) is 0 Å². The van der Waals surface area contributed by atoms with Crippen molar-refractivity contribution >= 4 is 23.1 Å². The van der Waals surface area contributed by atoms with Gasteiger partial charge in [0.2, 0.25) is 5.91 Å². The van der Waals surface area contributed by atoms with Crippen LogP contribution >= 0.6 is 12.2 Å². The van der Waals surface area contributed by atoms with E-state index in [0.717, 1.165) is 38.5 Å². The molecule has 1 amide bonds. The van der Waals surface area contributed by atoms with E-state index in [2.05, 4.69) is 5.32 Å². The molecule has 2 saturated carbocycles. The molecule has 0 saturated heterocycles. The predicted octanol–water partition coefficient (Wildman–Crippen LogP) is 1.91. The lowest BCUT2D eigenvalue weighted by molar-refractivity contribution is -0.132. The van der Waals surface area contributed by atoms with Crippen LogP contribution in [0.1, 0.15) is 51.4 Å². The van der Waals surface area contributed by atoms with Crippen LogP contribution in [0, 0.1) is 5.41 Å². The van der Waals surface area contributed by atoms with Crippen molar-refractivity contribution < 1.29 is 9.53 Å². The zero-order chi connectivity index (χ0) is 13.9. The van der Waals surface area contributed by atoms with E-state index >= 15 is 0 Å². The number of carbonyl (C=O) groups is 1. The summed E-state index contributed by atoms with van der Waals surface area (Å²) in [6, 6.07) is 0. The van der Waals surface area contributed by atoms with E-state index in [1.807, 2.05) is 0 Å². The monoisotopic (exact) mass is 284 g/mol. The van der Waals surface area contributed by atoms with Gasteiger partial charge in [-0.15, -0.1) is 0 Å². The van der Waals surface area contributed by atoms with Crippen LogP contribution in [0.2, 0.25) is 0 Å². The van der Waals surface area contributed by atoms with Crippen LogP contribution in [0.3, 0.4) is 0 Å². The lowest BCUT2D eigenvalue weighted by Crippen LogP contribution is -2.55. The second-order valence-electron chi connectivity index (χ2n) is 5.93. The van der Waals surface area contributed by atoms with Crippen molar-refractivity contribution in [2.75, 3.05) is 13.7 Å². The molecule has 2 aliphatic rings. The number of carbonyl (C=O) groups excluding carboxylic acids is 1. The summed E-state index contributed by atoms with van der Waals surface area (Å²) in [5.41, 5.74) is 5.09. The van der Waals surface area contributed by atoms with Crippen molar-refractivity contribution in [3.63, 3.8) is 0 Å². The van der Waals surface area contributed by atoms with Crippen molar-refractivity contribution in [2.24, 2.45) is 11.1 Å². The molecule has 4 nitrogen and oxygen atoms in total. The Bertz CT molecular complexity index is 355. The summed E-state index contributed by atoms with van der Waals surface area (Å²) in [6.45, 7) is 0.576. The van der Waals surface area contributed by atoms with Crippen molar-refractivity contribution in [3.8, 4) is 0 Å². The second-order valence-corrected chi connectivity index (χ2v) is 6.37. The van der Waals surface area contributed by atoms with Crippen molar-refractivity contribution in [1.29, 1.82) is 0 Å². The highest BCUT2D eigenvalue weighted by Gasteiger charge is 2.44. The molecule has 5 heteroatoms. The Kier molecular flexibility index (Phi) is 4.46. The van der Waals surface area contributed by atoms with E-state index in [0.29, 0.717) is 11.5 Å². The third-order valence-corrected chi connectivity index (χ3v) is 5.27. The standard InChI is InChI=1S/C14H24N2O2S/c1-18-13(6-5-7-13)10-16-12(17)14(11(15)19)8-3-2-4-9-14/h2-10H2,1H3,(H2,15,19)(H,16,17). The van der Waals surface area contributed by atoms with Gasteiger partial charge in [-0.05, 0) is 32.1 Å². The molecule has 0 radical (unpaired) electrons. The molecule has 0 spiro atoms. The van der Waals surface area contributed by atoms with E-state index in [1.54, 1.807) is 7.11 Å². The molecule has 0 aromatic heterocycles. The Hall–Kier alpha value is -0.680. The second kappa shape index (κ2) is 5.75. The van der Waals surface area contributed by atoms with Crippen LogP contribution < -0.4 is 11.1 Å². The molecular weight excluding hydrogens is 260 g/mol.